The molecule has 4 rings (SSSR count). The number of hydrogen-bond acceptors (Lipinski definition) is 6. The zero-order chi connectivity index (χ0) is 20.9. The summed E-state index contributed by atoms with van der Waals surface area (Å²) in [5.74, 6) is 0.467. The second-order valence-corrected chi connectivity index (χ2v) is 9.03. The number of thiophene rings is 1. The zero-order valence-corrected chi connectivity index (χ0v) is 19.1. The van der Waals surface area contributed by atoms with Gasteiger partial charge in [-0.2, -0.15) is 10.1 Å². The summed E-state index contributed by atoms with van der Waals surface area (Å²) in [4.78, 5) is 18.6. The third-order valence-electron chi connectivity index (χ3n) is 4.10. The summed E-state index contributed by atoms with van der Waals surface area (Å²) in [6.45, 7) is 0. The number of rotatable bonds is 6. The van der Waals surface area contributed by atoms with Gasteiger partial charge in [-0.25, -0.2) is 4.98 Å². The van der Waals surface area contributed by atoms with Crippen LogP contribution in [0.25, 0.3) is 16.3 Å². The molecule has 0 unspecified atom stereocenters. The molecule has 0 atom stereocenters. The SMILES string of the molecule is COc1ccc2nc(N(/N=C/c3ccc(Br)cc3)C(=O)/C=C/c3cccs3)sc2c1. The zero-order valence-electron chi connectivity index (χ0n) is 15.9. The number of benzene rings is 2. The molecule has 0 saturated heterocycles. The molecule has 150 valence electrons. The minimum absolute atomic E-state index is 0.275. The number of thiazole rings is 1. The topological polar surface area (TPSA) is 54.8 Å². The molecule has 0 aliphatic heterocycles. The second kappa shape index (κ2) is 9.34. The third kappa shape index (κ3) is 4.84. The summed E-state index contributed by atoms with van der Waals surface area (Å²) >= 11 is 6.37. The summed E-state index contributed by atoms with van der Waals surface area (Å²) in [5, 5.41) is 8.23. The number of anilines is 1. The Kier molecular flexibility index (Phi) is 6.37. The predicted octanol–water partition coefficient (Wildman–Crippen LogP) is 6.21. The van der Waals surface area contributed by atoms with Crippen molar-refractivity contribution in [3.05, 3.63) is 81.0 Å². The number of carbonyl (C=O) groups is 1. The molecule has 0 fully saturated rings. The molecule has 2 aromatic carbocycles. The number of halogens is 1. The van der Waals surface area contributed by atoms with Crippen LogP contribution in [0.3, 0.4) is 0 Å². The first-order chi connectivity index (χ1) is 14.6. The molecule has 5 nitrogen and oxygen atoms in total. The first kappa shape index (κ1) is 20.5. The Bertz CT molecular complexity index is 1220. The van der Waals surface area contributed by atoms with E-state index >= 15 is 0 Å². The summed E-state index contributed by atoms with van der Waals surface area (Å²) in [6.07, 6.45) is 4.94. The van der Waals surface area contributed by atoms with Crippen LogP contribution in [0.1, 0.15) is 10.4 Å². The minimum atomic E-state index is -0.275. The van der Waals surface area contributed by atoms with Crippen LogP contribution < -0.4 is 9.75 Å². The van der Waals surface area contributed by atoms with Crippen LogP contribution in [-0.4, -0.2) is 24.2 Å². The van der Waals surface area contributed by atoms with E-state index in [1.54, 1.807) is 30.7 Å². The van der Waals surface area contributed by atoms with Gasteiger partial charge in [0.05, 0.1) is 23.5 Å². The maximum Gasteiger partial charge on any atom is 0.273 e. The van der Waals surface area contributed by atoms with Crippen molar-refractivity contribution in [3.8, 4) is 5.75 Å². The normalized spacial score (nSPS) is 11.5. The van der Waals surface area contributed by atoms with E-state index in [-0.39, 0.29) is 5.91 Å². The molecular weight excluding hydrogens is 482 g/mol. The van der Waals surface area contributed by atoms with Crippen molar-refractivity contribution in [2.45, 2.75) is 0 Å². The lowest BCUT2D eigenvalue weighted by Gasteiger charge is -2.11. The Morgan fingerprint density at radius 2 is 2.03 bits per heavy atom. The Morgan fingerprint density at radius 1 is 1.20 bits per heavy atom. The smallest absolute Gasteiger partial charge is 0.273 e. The summed E-state index contributed by atoms with van der Waals surface area (Å²) in [6, 6.07) is 17.2. The summed E-state index contributed by atoms with van der Waals surface area (Å²) in [7, 11) is 1.62. The number of hydrogen-bond donors (Lipinski definition) is 0. The highest BCUT2D eigenvalue weighted by Crippen LogP contribution is 2.32. The lowest BCUT2D eigenvalue weighted by Crippen LogP contribution is -2.23. The maximum atomic E-state index is 13.0. The van der Waals surface area contributed by atoms with Crippen molar-refractivity contribution in [3.63, 3.8) is 0 Å². The molecule has 0 saturated carbocycles. The molecule has 0 N–H and O–H groups in total. The molecule has 2 aromatic heterocycles. The molecule has 30 heavy (non-hydrogen) atoms. The average molecular weight is 498 g/mol. The minimum Gasteiger partial charge on any atom is -0.497 e. The van der Waals surface area contributed by atoms with Gasteiger partial charge in [-0.1, -0.05) is 45.5 Å². The molecular formula is C22H16BrN3O2S2. The molecule has 0 aliphatic rings. The van der Waals surface area contributed by atoms with Crippen molar-refractivity contribution in [2.24, 2.45) is 5.10 Å². The highest BCUT2D eigenvalue weighted by atomic mass is 79.9. The van der Waals surface area contributed by atoms with Crippen molar-refractivity contribution in [1.29, 1.82) is 0 Å². The van der Waals surface area contributed by atoms with Gasteiger partial charge in [0.25, 0.3) is 5.91 Å². The van der Waals surface area contributed by atoms with Crippen LogP contribution in [0.15, 0.2) is 75.6 Å². The van der Waals surface area contributed by atoms with Gasteiger partial charge in [0, 0.05) is 15.4 Å². The number of ether oxygens (including phenoxy) is 1. The van der Waals surface area contributed by atoms with Gasteiger partial charge in [0.2, 0.25) is 5.13 Å². The average Bonchev–Trinajstić information content (AvgIpc) is 3.42. The van der Waals surface area contributed by atoms with E-state index in [2.05, 4.69) is 26.0 Å². The van der Waals surface area contributed by atoms with Gasteiger partial charge in [0.15, 0.2) is 0 Å². The molecule has 4 aromatic rings. The van der Waals surface area contributed by atoms with Gasteiger partial charge in [-0.3, -0.25) is 4.79 Å². The Hall–Kier alpha value is -2.81. The van der Waals surface area contributed by atoms with Gasteiger partial charge in [-0.15, -0.1) is 11.3 Å². The molecule has 2 heterocycles. The van der Waals surface area contributed by atoms with Crippen LogP contribution in [0.4, 0.5) is 5.13 Å². The quantitative estimate of drug-likeness (QED) is 0.181. The monoisotopic (exact) mass is 497 g/mol. The Morgan fingerprint density at radius 3 is 2.77 bits per heavy atom. The van der Waals surface area contributed by atoms with E-state index in [1.165, 1.54) is 22.4 Å². The highest BCUT2D eigenvalue weighted by molar-refractivity contribution is 9.10. The predicted molar refractivity (Wildman–Crippen MR) is 129 cm³/mol. The lowest BCUT2D eigenvalue weighted by molar-refractivity contribution is -0.114. The molecule has 8 heteroatoms. The molecule has 1 amide bonds. The first-order valence-electron chi connectivity index (χ1n) is 8.92. The van der Waals surface area contributed by atoms with Crippen LogP contribution in [0, 0.1) is 0 Å². The summed E-state index contributed by atoms with van der Waals surface area (Å²) < 4.78 is 7.19. The first-order valence-corrected chi connectivity index (χ1v) is 11.4. The maximum absolute atomic E-state index is 13.0. The van der Waals surface area contributed by atoms with Crippen LogP contribution in [0.2, 0.25) is 0 Å². The lowest BCUT2D eigenvalue weighted by atomic mass is 10.2. The summed E-state index contributed by atoms with van der Waals surface area (Å²) in [5.41, 5.74) is 1.66. The number of aromatic nitrogens is 1. The van der Waals surface area contributed by atoms with Gasteiger partial charge >= 0.3 is 0 Å². The van der Waals surface area contributed by atoms with Gasteiger partial charge in [0.1, 0.15) is 5.75 Å². The van der Waals surface area contributed by atoms with E-state index in [9.17, 15) is 4.79 Å². The number of carbonyl (C=O) groups excluding carboxylic acids is 1. The van der Waals surface area contributed by atoms with Crippen LogP contribution in [0.5, 0.6) is 5.75 Å². The fourth-order valence-corrected chi connectivity index (χ4v) is 4.43. The van der Waals surface area contributed by atoms with Crippen LogP contribution in [-0.2, 0) is 4.79 Å². The second-order valence-electron chi connectivity index (χ2n) is 6.13. The Balaban J connectivity index is 1.68. The van der Waals surface area contributed by atoms with Crippen LogP contribution >= 0.6 is 38.6 Å². The fourth-order valence-electron chi connectivity index (χ4n) is 2.59. The van der Waals surface area contributed by atoms with Crippen molar-refractivity contribution < 1.29 is 9.53 Å². The number of methoxy groups -OCH3 is 1. The number of hydrazone groups is 1. The molecule has 0 spiro atoms. The fraction of sp³-hybridized carbons (Fsp3) is 0.0455. The van der Waals surface area contributed by atoms with E-state index in [0.717, 1.165) is 30.9 Å². The number of amides is 1. The van der Waals surface area contributed by atoms with Crippen molar-refractivity contribution in [2.75, 3.05) is 12.1 Å². The van der Waals surface area contributed by atoms with Gasteiger partial charge in [-0.05, 0) is 53.4 Å². The molecule has 0 radical (unpaired) electrons. The molecule has 0 aliphatic carbocycles. The Labute approximate surface area is 190 Å². The number of nitrogens with zero attached hydrogens (tertiary/aromatic N) is 3. The van der Waals surface area contributed by atoms with Crippen molar-refractivity contribution in [1.82, 2.24) is 4.98 Å². The van der Waals surface area contributed by atoms with E-state index in [0.29, 0.717) is 5.13 Å². The third-order valence-corrected chi connectivity index (χ3v) is 6.46. The van der Waals surface area contributed by atoms with E-state index in [4.69, 9.17) is 4.74 Å². The van der Waals surface area contributed by atoms with Gasteiger partial charge < -0.3 is 4.74 Å². The highest BCUT2D eigenvalue weighted by Gasteiger charge is 2.17. The van der Waals surface area contributed by atoms with Crippen molar-refractivity contribution >= 4 is 72.1 Å². The standard InChI is InChI=1S/C22H16BrN3O2S2/c1-28-17-8-10-19-20(13-17)30-22(25-19)26(21(27)11-9-18-3-2-12-29-18)24-14-15-4-6-16(23)7-5-15/h2-14H,1H3/b11-9+,24-14+. The van der Waals surface area contributed by atoms with E-state index in [1.807, 2.05) is 60.0 Å². The number of fused-ring (bicyclic) bond motifs is 1. The largest absolute Gasteiger partial charge is 0.497 e. The van der Waals surface area contributed by atoms with E-state index < -0.39 is 0 Å². The molecule has 0 bridgehead atoms.